The van der Waals surface area contributed by atoms with Crippen LogP contribution in [0.3, 0.4) is 0 Å². The molecule has 0 amide bonds. The summed E-state index contributed by atoms with van der Waals surface area (Å²) >= 11 is 0. The van der Waals surface area contributed by atoms with Crippen molar-refractivity contribution in [2.24, 2.45) is 0 Å². The number of nitrogens with one attached hydrogen (secondary N) is 1. The number of aliphatic hydroxyl groups is 1. The van der Waals surface area contributed by atoms with Crippen LogP contribution in [0, 0.1) is 0 Å². The summed E-state index contributed by atoms with van der Waals surface area (Å²) in [5.74, 6) is 0. The summed E-state index contributed by atoms with van der Waals surface area (Å²) in [6.07, 6.45) is 6.00. The van der Waals surface area contributed by atoms with E-state index in [1.54, 1.807) is 0 Å². The fourth-order valence-electron chi connectivity index (χ4n) is 1.75. The van der Waals surface area contributed by atoms with Crippen LogP contribution in [0.1, 0.15) is 52.9 Å². The van der Waals surface area contributed by atoms with Gasteiger partial charge < -0.3 is 15.2 Å². The first-order valence-electron chi connectivity index (χ1n) is 6.49. The number of aliphatic hydroxyl groups excluding tert-OH is 1. The molecule has 0 aliphatic rings. The Morgan fingerprint density at radius 3 is 2.50 bits per heavy atom. The van der Waals surface area contributed by atoms with E-state index < -0.39 is 0 Å². The molecule has 0 heterocycles. The van der Waals surface area contributed by atoms with Crippen molar-refractivity contribution in [1.82, 2.24) is 5.32 Å². The Balaban J connectivity index is 3.61. The highest BCUT2D eigenvalue weighted by Gasteiger charge is 2.23. The Hall–Kier alpha value is -0.120. The second-order valence-electron chi connectivity index (χ2n) is 4.91. The quantitative estimate of drug-likeness (QED) is 0.567. The van der Waals surface area contributed by atoms with Gasteiger partial charge >= 0.3 is 0 Å². The second kappa shape index (κ2) is 8.97. The van der Waals surface area contributed by atoms with Crippen LogP contribution >= 0.6 is 0 Å². The van der Waals surface area contributed by atoms with Crippen molar-refractivity contribution in [3.05, 3.63) is 0 Å². The lowest BCUT2D eigenvalue weighted by Gasteiger charge is -2.29. The number of ether oxygens (including phenoxy) is 1. The van der Waals surface area contributed by atoms with Crippen LogP contribution in [0.2, 0.25) is 0 Å². The Labute approximate surface area is 101 Å². The Morgan fingerprint density at radius 1 is 1.31 bits per heavy atom. The first kappa shape index (κ1) is 15.9. The van der Waals surface area contributed by atoms with Crippen LogP contribution < -0.4 is 5.32 Å². The molecule has 0 aromatic heterocycles. The number of rotatable bonds is 10. The maximum atomic E-state index is 9.26. The Bertz CT molecular complexity index is 158. The zero-order chi connectivity index (χ0) is 12.4. The zero-order valence-corrected chi connectivity index (χ0v) is 11.4. The zero-order valence-electron chi connectivity index (χ0n) is 11.4. The van der Waals surface area contributed by atoms with Crippen molar-refractivity contribution in [3.63, 3.8) is 0 Å². The molecule has 0 aromatic rings. The summed E-state index contributed by atoms with van der Waals surface area (Å²) < 4.78 is 5.74. The summed E-state index contributed by atoms with van der Waals surface area (Å²) in [5, 5.41) is 12.4. The van der Waals surface area contributed by atoms with Gasteiger partial charge in [-0.2, -0.15) is 0 Å². The first-order chi connectivity index (χ1) is 7.58. The summed E-state index contributed by atoms with van der Waals surface area (Å²) in [5.41, 5.74) is -0.219. The lowest BCUT2D eigenvalue weighted by molar-refractivity contribution is 0.0280. The largest absolute Gasteiger partial charge is 0.394 e. The minimum absolute atomic E-state index is 0.146. The van der Waals surface area contributed by atoms with E-state index in [1.165, 1.54) is 19.3 Å². The van der Waals surface area contributed by atoms with Crippen LogP contribution in [-0.4, -0.2) is 37.0 Å². The van der Waals surface area contributed by atoms with Gasteiger partial charge in [-0.1, -0.05) is 26.2 Å². The van der Waals surface area contributed by atoms with Crippen LogP contribution in [0.5, 0.6) is 0 Å². The molecule has 0 rings (SSSR count). The predicted octanol–water partition coefficient (Wildman–Crippen LogP) is 2.33. The molecule has 2 atom stereocenters. The lowest BCUT2D eigenvalue weighted by atomic mass is 9.96. The normalized spacial score (nSPS) is 17.1. The van der Waals surface area contributed by atoms with Crippen LogP contribution in [-0.2, 0) is 4.74 Å². The molecule has 2 N–H and O–H groups in total. The monoisotopic (exact) mass is 231 g/mol. The van der Waals surface area contributed by atoms with Crippen molar-refractivity contribution in [2.75, 3.05) is 20.3 Å². The van der Waals surface area contributed by atoms with Crippen LogP contribution in [0.15, 0.2) is 0 Å². The molecular formula is C13H29NO2. The summed E-state index contributed by atoms with van der Waals surface area (Å²) in [6, 6.07) is 0. The van der Waals surface area contributed by atoms with Gasteiger partial charge in [-0.15, -0.1) is 0 Å². The standard InChI is InChI=1S/C13H29NO2/c1-5-6-7-8-9-16-12(2)10-13(3,11-15)14-4/h12,14-15H,5-11H2,1-4H3. The smallest absolute Gasteiger partial charge is 0.0611 e. The van der Waals surface area contributed by atoms with Gasteiger partial charge in [0.25, 0.3) is 0 Å². The maximum absolute atomic E-state index is 9.26. The second-order valence-corrected chi connectivity index (χ2v) is 4.91. The highest BCUT2D eigenvalue weighted by molar-refractivity contribution is 4.82. The topological polar surface area (TPSA) is 41.5 Å². The molecule has 0 fully saturated rings. The van der Waals surface area contributed by atoms with Crippen molar-refractivity contribution in [1.29, 1.82) is 0 Å². The molecule has 0 spiro atoms. The molecular weight excluding hydrogens is 202 g/mol. The molecule has 0 aromatic carbocycles. The molecule has 0 aliphatic carbocycles. The molecule has 16 heavy (non-hydrogen) atoms. The number of hydrogen-bond donors (Lipinski definition) is 2. The van der Waals surface area contributed by atoms with E-state index in [0.717, 1.165) is 19.4 Å². The van der Waals surface area contributed by atoms with E-state index in [9.17, 15) is 5.11 Å². The highest BCUT2D eigenvalue weighted by atomic mass is 16.5. The number of unbranched alkanes of at least 4 members (excludes halogenated alkanes) is 3. The third kappa shape index (κ3) is 7.20. The molecule has 0 aliphatic heterocycles. The fraction of sp³-hybridized carbons (Fsp3) is 1.00. The Morgan fingerprint density at radius 2 is 2.00 bits per heavy atom. The first-order valence-corrected chi connectivity index (χ1v) is 6.49. The Kier molecular flexibility index (Phi) is 8.90. The minimum atomic E-state index is -0.219. The van der Waals surface area contributed by atoms with Gasteiger partial charge in [-0.05, 0) is 33.7 Å². The molecule has 0 saturated heterocycles. The number of hydrogen-bond acceptors (Lipinski definition) is 3. The van der Waals surface area contributed by atoms with Crippen LogP contribution in [0.4, 0.5) is 0 Å². The van der Waals surface area contributed by atoms with E-state index in [-0.39, 0.29) is 18.2 Å². The molecule has 0 saturated carbocycles. The van der Waals surface area contributed by atoms with Gasteiger partial charge in [-0.3, -0.25) is 0 Å². The molecule has 0 bridgehead atoms. The van der Waals surface area contributed by atoms with Crippen molar-refractivity contribution >= 4 is 0 Å². The summed E-state index contributed by atoms with van der Waals surface area (Å²) in [6.45, 7) is 7.29. The average molecular weight is 231 g/mol. The summed E-state index contributed by atoms with van der Waals surface area (Å²) in [7, 11) is 1.88. The fourth-order valence-corrected chi connectivity index (χ4v) is 1.75. The maximum Gasteiger partial charge on any atom is 0.0611 e. The molecule has 2 unspecified atom stereocenters. The molecule has 3 nitrogen and oxygen atoms in total. The van der Waals surface area contributed by atoms with Gasteiger partial charge in [0.15, 0.2) is 0 Å². The van der Waals surface area contributed by atoms with Gasteiger partial charge in [0.1, 0.15) is 0 Å². The highest BCUT2D eigenvalue weighted by Crippen LogP contribution is 2.13. The third-order valence-corrected chi connectivity index (χ3v) is 3.09. The van der Waals surface area contributed by atoms with Gasteiger partial charge in [0.05, 0.1) is 12.7 Å². The van der Waals surface area contributed by atoms with Gasteiger partial charge in [0, 0.05) is 12.1 Å². The van der Waals surface area contributed by atoms with Crippen molar-refractivity contribution in [3.8, 4) is 0 Å². The molecule has 98 valence electrons. The van der Waals surface area contributed by atoms with Crippen LogP contribution in [0.25, 0.3) is 0 Å². The van der Waals surface area contributed by atoms with E-state index in [0.29, 0.717) is 0 Å². The van der Waals surface area contributed by atoms with E-state index in [1.807, 2.05) is 14.0 Å². The van der Waals surface area contributed by atoms with E-state index in [2.05, 4.69) is 19.2 Å². The third-order valence-electron chi connectivity index (χ3n) is 3.09. The average Bonchev–Trinajstić information content (AvgIpc) is 2.28. The lowest BCUT2D eigenvalue weighted by Crippen LogP contribution is -2.46. The minimum Gasteiger partial charge on any atom is -0.394 e. The summed E-state index contributed by atoms with van der Waals surface area (Å²) in [4.78, 5) is 0. The van der Waals surface area contributed by atoms with Crippen molar-refractivity contribution < 1.29 is 9.84 Å². The van der Waals surface area contributed by atoms with Crippen molar-refractivity contribution in [2.45, 2.75) is 64.5 Å². The van der Waals surface area contributed by atoms with Gasteiger partial charge in [-0.25, -0.2) is 0 Å². The molecule has 3 heteroatoms. The SMILES string of the molecule is CCCCCCOC(C)CC(C)(CO)NC. The predicted molar refractivity (Wildman–Crippen MR) is 68.7 cm³/mol. The number of likely N-dealkylation sites (N-methyl/N-ethyl adjacent to an activating group) is 1. The van der Waals surface area contributed by atoms with Gasteiger partial charge in [0.2, 0.25) is 0 Å². The van der Waals surface area contributed by atoms with E-state index in [4.69, 9.17) is 4.74 Å². The van der Waals surface area contributed by atoms with E-state index >= 15 is 0 Å². The molecule has 0 radical (unpaired) electrons.